The number of fused-ring (bicyclic) bond motifs is 2. The van der Waals surface area contributed by atoms with Crippen LogP contribution in [0, 0.1) is 13.8 Å². The molecule has 0 aromatic carbocycles. The normalized spacial score (nSPS) is 15.7. The Morgan fingerprint density at radius 2 is 1.16 bits per heavy atom. The number of unbranched alkanes of at least 4 members (excludes halogenated alkanes) is 1. The van der Waals surface area contributed by atoms with E-state index in [-0.39, 0.29) is 40.6 Å². The zero-order chi connectivity index (χ0) is 66.2. The van der Waals surface area contributed by atoms with E-state index in [4.69, 9.17) is 34.2 Å². The Bertz CT molecular complexity index is 3800. The highest BCUT2D eigenvalue weighted by Gasteiger charge is 2.30. The highest BCUT2D eigenvalue weighted by atomic mass is 32.2. The van der Waals surface area contributed by atoms with Crippen LogP contribution in [0.25, 0.3) is 27.8 Å². The average Bonchev–Trinajstić information content (AvgIpc) is 1.47. The van der Waals surface area contributed by atoms with Gasteiger partial charge in [-0.05, 0) is 109 Å². The number of anilines is 6. The third kappa shape index (κ3) is 19.6. The van der Waals surface area contributed by atoms with E-state index in [9.17, 15) is 40.6 Å². The zero-order valence-electron chi connectivity index (χ0n) is 52.9. The maximum Gasteiger partial charge on any atom is 0.410 e. The van der Waals surface area contributed by atoms with Crippen molar-refractivity contribution in [3.05, 3.63) is 98.6 Å². The molecule has 6 aromatic heterocycles. The Balaban J connectivity index is 0.000000219. The fourth-order valence-electron chi connectivity index (χ4n) is 11.2. The van der Waals surface area contributed by atoms with E-state index in [0.29, 0.717) is 84.5 Å². The first kappa shape index (κ1) is 70.7. The predicted octanol–water partition coefficient (Wildman–Crippen LogP) is 5.53. The molecule has 6 aromatic rings. The highest BCUT2D eigenvalue weighted by molar-refractivity contribution is 7.86. The maximum atomic E-state index is 13.9. The molecule has 28 nitrogen and oxygen atoms in total. The standard InChI is InChI=1S/C33H45N7O4.C24H29N7O2.2C2H6O4S/c1-7-8-19-43-23(3)28-22(2)26-21-35-31(37-29(26)40(30(28)41)24-11-9-10-12-24)36-27-14-13-25(20-34-27)38-15-17-39(18-16-38)32(42)44-33(4,5)6;1-15-19-14-27-24(28-20-8-7-18(13-26-20)30-11-9-25-10-12-30)29-22(19)31(17-5-3-4-6-17)23(33)21(15)16(2)32;2*3-1-2-7(4,5)6/h13-14,20-21,24H,3,7-12,15-19H2,1-2,4-6H3,(H,34,35,36,37);7-8,13-14,17,25H,3-6,9-12H2,1-2H3,(H,26,27,28,29);2*3H,1-2H2,(H,4,5,6). The van der Waals surface area contributed by atoms with Crippen LogP contribution in [0.4, 0.5) is 39.7 Å². The van der Waals surface area contributed by atoms with Gasteiger partial charge < -0.3 is 54.9 Å². The van der Waals surface area contributed by atoms with Gasteiger partial charge in [-0.15, -0.1) is 0 Å². The van der Waals surface area contributed by atoms with Gasteiger partial charge in [-0.25, -0.2) is 33.1 Å². The van der Waals surface area contributed by atoms with Crippen LogP contribution in [0.5, 0.6) is 0 Å². The minimum absolute atomic E-state index is 0.0562. The van der Waals surface area contributed by atoms with E-state index in [0.717, 1.165) is 118 Å². The van der Waals surface area contributed by atoms with Crippen molar-refractivity contribution in [2.75, 3.05) is 104 Å². The number of nitrogens with zero attached hydrogens (tertiary/aromatic N) is 11. The van der Waals surface area contributed by atoms with Crippen LogP contribution in [0.15, 0.2) is 65.2 Å². The number of Topliss-reactive ketones (excluding diaryl/α,β-unsaturated/α-hetero) is 1. The Morgan fingerprint density at radius 1 is 0.703 bits per heavy atom. The van der Waals surface area contributed by atoms with Gasteiger partial charge in [0, 0.05) is 61.4 Å². The van der Waals surface area contributed by atoms with Crippen LogP contribution in [-0.2, 0) is 29.7 Å². The number of carbonyl (C=O) groups is 2. The molecule has 2 aliphatic carbocycles. The number of aliphatic hydroxyl groups is 2. The molecule has 30 heteroatoms. The summed E-state index contributed by atoms with van der Waals surface area (Å²) in [5, 5.41) is 26.0. The topological polar surface area (TPSA) is 376 Å². The molecule has 2 saturated heterocycles. The van der Waals surface area contributed by atoms with Crippen LogP contribution in [-0.4, -0.2) is 181 Å². The first-order chi connectivity index (χ1) is 43.2. The molecular formula is C61H86N14O14S2. The van der Waals surface area contributed by atoms with E-state index in [1.807, 2.05) is 62.9 Å². The number of piperazine rings is 2. The Labute approximate surface area is 530 Å². The maximum absolute atomic E-state index is 13.9. The van der Waals surface area contributed by atoms with Gasteiger partial charge in [0.15, 0.2) is 5.78 Å². The second kappa shape index (κ2) is 32.0. The van der Waals surface area contributed by atoms with Crippen LogP contribution < -0.4 is 36.9 Å². The first-order valence-corrected chi connectivity index (χ1v) is 33.9. The van der Waals surface area contributed by atoms with Gasteiger partial charge in [0.05, 0.1) is 103 Å². The summed E-state index contributed by atoms with van der Waals surface area (Å²) in [6.45, 7) is 23.2. The quantitative estimate of drug-likeness (QED) is 0.0267. The van der Waals surface area contributed by atoms with Gasteiger partial charge in [0.2, 0.25) is 11.9 Å². The number of amides is 1. The Kier molecular flexibility index (Phi) is 24.9. The van der Waals surface area contributed by atoms with Crippen molar-refractivity contribution >= 4 is 94.8 Å². The molecular weight excluding hydrogens is 1220 g/mol. The number of hydrogen-bond donors (Lipinski definition) is 6. The monoisotopic (exact) mass is 1300 g/mol. The number of quaternary nitrogens is 1. The van der Waals surface area contributed by atoms with Gasteiger partial charge in [-0.1, -0.05) is 45.6 Å². The van der Waals surface area contributed by atoms with Crippen molar-refractivity contribution in [3.63, 3.8) is 0 Å². The second-order valence-electron chi connectivity index (χ2n) is 23.6. The van der Waals surface area contributed by atoms with Crippen LogP contribution in [0.2, 0.25) is 0 Å². The SMILES string of the molecule is C=C(OCCCC)c1c(C)c2cnc(Nc3ccc(N4CCN(C(=O)OC(C)(C)C)CC4)cn3)nc2n(C2CCCC2)c1=O.CC(=O)c1c(C)c2cnc(Nc3ccc(N4CC[NH2+]CC4)cn3)nc2n(C2CCCC2)c1=O.O=S(=O)(O)CCO.O=S(=O)([O-])CCO. The number of nitrogens with one attached hydrogen (secondary N) is 2. The van der Waals surface area contributed by atoms with Gasteiger partial charge in [-0.2, -0.15) is 18.4 Å². The summed E-state index contributed by atoms with van der Waals surface area (Å²) in [7, 11) is -8.10. The summed E-state index contributed by atoms with van der Waals surface area (Å²) < 4.78 is 70.6. The van der Waals surface area contributed by atoms with Crippen molar-refractivity contribution in [2.45, 2.75) is 130 Å². The zero-order valence-corrected chi connectivity index (χ0v) is 54.5. The van der Waals surface area contributed by atoms with Crippen LogP contribution in [0.3, 0.4) is 0 Å². The lowest BCUT2D eigenvalue weighted by Crippen LogP contribution is -2.89. The van der Waals surface area contributed by atoms with E-state index in [1.54, 1.807) is 28.8 Å². The summed E-state index contributed by atoms with van der Waals surface area (Å²) in [4.78, 5) is 86.0. The fourth-order valence-corrected chi connectivity index (χ4v) is 11.6. The molecule has 91 heavy (non-hydrogen) atoms. The van der Waals surface area contributed by atoms with Gasteiger partial charge in [0.1, 0.15) is 34.3 Å². The van der Waals surface area contributed by atoms with Crippen molar-refractivity contribution in [2.24, 2.45) is 0 Å². The molecule has 0 unspecified atom stereocenters. The van der Waals surface area contributed by atoms with Gasteiger partial charge in [-0.3, -0.25) is 28.1 Å². The lowest BCUT2D eigenvalue weighted by atomic mass is 10.0. The summed E-state index contributed by atoms with van der Waals surface area (Å²) in [5.41, 5.74) is 4.58. The van der Waals surface area contributed by atoms with E-state index < -0.39 is 50.6 Å². The lowest BCUT2D eigenvalue weighted by Gasteiger charge is -2.36. The van der Waals surface area contributed by atoms with Crippen LogP contribution in [0.1, 0.15) is 138 Å². The van der Waals surface area contributed by atoms with Crippen molar-refractivity contribution in [1.82, 2.24) is 43.9 Å². The summed E-state index contributed by atoms with van der Waals surface area (Å²) >= 11 is 0. The number of ketones is 1. The van der Waals surface area contributed by atoms with E-state index >= 15 is 0 Å². The number of ether oxygens (including phenoxy) is 2. The number of nitrogens with two attached hydrogens (primary N) is 1. The first-order valence-electron chi connectivity index (χ1n) is 30.7. The molecule has 2 aliphatic heterocycles. The summed E-state index contributed by atoms with van der Waals surface area (Å²) in [6.07, 6.45) is 16.8. The number of aromatic nitrogens is 8. The summed E-state index contributed by atoms with van der Waals surface area (Å²) in [5.74, 6) is 0.933. The van der Waals surface area contributed by atoms with Crippen LogP contribution >= 0.6 is 0 Å². The lowest BCUT2D eigenvalue weighted by molar-refractivity contribution is -0.655. The molecule has 10 rings (SSSR count). The molecule has 1 amide bonds. The Morgan fingerprint density at radius 3 is 1.55 bits per heavy atom. The molecule has 4 fully saturated rings. The predicted molar refractivity (Wildman–Crippen MR) is 346 cm³/mol. The van der Waals surface area contributed by atoms with Gasteiger partial charge >= 0.3 is 6.09 Å². The third-order valence-electron chi connectivity index (χ3n) is 15.7. The molecule has 496 valence electrons. The molecule has 0 bridgehead atoms. The molecule has 7 N–H and O–H groups in total. The summed E-state index contributed by atoms with van der Waals surface area (Å²) in [6, 6.07) is 7.99. The minimum atomic E-state index is -4.17. The average molecular weight is 1300 g/mol. The highest BCUT2D eigenvalue weighted by Crippen LogP contribution is 2.35. The molecule has 0 radical (unpaired) electrons. The minimum Gasteiger partial charge on any atom is -0.748 e. The number of rotatable bonds is 18. The molecule has 2 saturated carbocycles. The number of hydrogen-bond acceptors (Lipinski definition) is 23. The van der Waals surface area contributed by atoms with Crippen molar-refractivity contribution in [1.29, 1.82) is 0 Å². The van der Waals surface area contributed by atoms with E-state index in [1.165, 1.54) is 6.92 Å². The number of carbonyl (C=O) groups excluding carboxylic acids is 2. The number of aryl methyl sites for hydroxylation is 2. The number of aliphatic hydroxyl groups excluding tert-OH is 2. The van der Waals surface area contributed by atoms with Crippen molar-refractivity contribution < 1.29 is 60.5 Å². The molecule has 8 heterocycles. The smallest absolute Gasteiger partial charge is 0.410 e. The number of pyridine rings is 4. The molecule has 0 atom stereocenters. The molecule has 0 spiro atoms. The van der Waals surface area contributed by atoms with Crippen molar-refractivity contribution in [3.8, 4) is 0 Å². The third-order valence-corrected chi connectivity index (χ3v) is 17.1. The van der Waals surface area contributed by atoms with E-state index in [2.05, 4.69) is 65.3 Å². The molecule has 4 aliphatic rings. The van der Waals surface area contributed by atoms with Gasteiger partial charge in [0.25, 0.3) is 21.2 Å². The largest absolute Gasteiger partial charge is 0.748 e. The second-order valence-corrected chi connectivity index (χ2v) is 26.7. The fraction of sp³-hybridized carbons (Fsp3) is 0.541. The Hall–Kier alpha value is -7.74.